The van der Waals surface area contributed by atoms with Gasteiger partial charge in [0, 0.05) is 5.54 Å². The van der Waals surface area contributed by atoms with Gasteiger partial charge in [0.15, 0.2) is 4.84 Å². The highest BCUT2D eigenvalue weighted by atomic mass is 35.5. The summed E-state index contributed by atoms with van der Waals surface area (Å²) in [6.07, 6.45) is -1.65. The van der Waals surface area contributed by atoms with Crippen molar-refractivity contribution in [3.05, 3.63) is 59.7 Å². The molecule has 6 nitrogen and oxygen atoms in total. The number of amides is 2. The predicted octanol–water partition coefficient (Wildman–Crippen LogP) is 7.15. The van der Waals surface area contributed by atoms with Crippen LogP contribution >= 0.6 is 23.2 Å². The molecule has 0 unspecified atom stereocenters. The molecule has 1 aliphatic rings. The second-order valence-corrected chi connectivity index (χ2v) is 12.4. The lowest BCUT2D eigenvalue weighted by molar-refractivity contribution is -0.145. The van der Waals surface area contributed by atoms with E-state index >= 15 is 0 Å². The first kappa shape index (κ1) is 29.2. The number of hydrogen-bond donors (Lipinski definition) is 1. The molecular formula is C28H35Cl2FN2O4. The monoisotopic (exact) mass is 552 g/mol. The molecule has 0 bridgehead atoms. The van der Waals surface area contributed by atoms with Crippen molar-refractivity contribution < 1.29 is 23.8 Å². The van der Waals surface area contributed by atoms with Gasteiger partial charge in [-0.25, -0.2) is 9.18 Å². The van der Waals surface area contributed by atoms with Crippen molar-refractivity contribution in [1.82, 2.24) is 9.80 Å². The molecule has 1 heterocycles. The molecule has 3 rings (SSSR count). The third-order valence-corrected chi connectivity index (χ3v) is 7.22. The third kappa shape index (κ3) is 5.74. The Balaban J connectivity index is 1.86. The van der Waals surface area contributed by atoms with Crippen LogP contribution in [0.5, 0.6) is 0 Å². The lowest BCUT2D eigenvalue weighted by Crippen LogP contribution is -2.54. The Labute approximate surface area is 228 Å². The van der Waals surface area contributed by atoms with E-state index in [0.29, 0.717) is 0 Å². The number of halogens is 3. The molecule has 2 aromatic rings. The van der Waals surface area contributed by atoms with Crippen LogP contribution in [0.2, 0.25) is 0 Å². The fourth-order valence-electron chi connectivity index (χ4n) is 5.38. The zero-order valence-corrected chi connectivity index (χ0v) is 23.8. The van der Waals surface area contributed by atoms with Gasteiger partial charge >= 0.3 is 6.09 Å². The highest BCUT2D eigenvalue weighted by Gasteiger charge is 2.51. The first-order valence-corrected chi connectivity index (χ1v) is 13.0. The van der Waals surface area contributed by atoms with Gasteiger partial charge in [-0.2, -0.15) is 0 Å². The van der Waals surface area contributed by atoms with Crippen molar-refractivity contribution >= 4 is 35.2 Å². The number of ether oxygens (including phenoxy) is 1. The Bertz CT molecular complexity index is 1130. The second kappa shape index (κ2) is 10.4. The molecule has 0 aliphatic carbocycles. The van der Waals surface area contributed by atoms with Crippen molar-refractivity contribution in [1.29, 1.82) is 0 Å². The molecule has 1 saturated heterocycles. The van der Waals surface area contributed by atoms with Gasteiger partial charge in [-0.15, -0.1) is 0 Å². The van der Waals surface area contributed by atoms with Gasteiger partial charge in [0.2, 0.25) is 0 Å². The average Bonchev–Trinajstić information content (AvgIpc) is 3.07. The van der Waals surface area contributed by atoms with Crippen LogP contribution in [0.1, 0.15) is 65.7 Å². The van der Waals surface area contributed by atoms with Crippen molar-refractivity contribution in [2.45, 2.75) is 82.3 Å². The lowest BCUT2D eigenvalue weighted by atomic mass is 9.87. The molecular weight excluding hydrogens is 518 g/mol. The first-order chi connectivity index (χ1) is 17.0. The molecule has 0 radical (unpaired) electrons. The maximum absolute atomic E-state index is 14.1. The van der Waals surface area contributed by atoms with Crippen LogP contribution in [-0.2, 0) is 15.1 Å². The number of carbonyl (C=O) groups is 2. The van der Waals surface area contributed by atoms with E-state index in [0.717, 1.165) is 22.3 Å². The number of carbonyl (C=O) groups excluding carboxylic acids is 1. The summed E-state index contributed by atoms with van der Waals surface area (Å²) in [4.78, 5) is 26.0. The van der Waals surface area contributed by atoms with Crippen LogP contribution in [0.4, 0.5) is 9.18 Å². The molecule has 202 valence electrons. The highest BCUT2D eigenvalue weighted by Crippen LogP contribution is 2.42. The standard InChI is InChI=1S/C28H35Cl2FN2O4/c1-26(2,3)33(25(35)36)27(4,5)20-14-12-18(13-15-20)17-8-10-19(11-9-17)22-21(16-31)32(24(34)23(29)30)28(6,7)37-22/h8-15,21-23H,16H2,1-7H3,(H,35,36)/t21-,22-/m1/s1. The first-order valence-electron chi connectivity index (χ1n) is 12.1. The quantitative estimate of drug-likeness (QED) is 0.386. The number of nitrogens with zero attached hydrogens (tertiary/aromatic N) is 2. The van der Waals surface area contributed by atoms with E-state index in [9.17, 15) is 19.1 Å². The van der Waals surface area contributed by atoms with Crippen molar-refractivity contribution in [3.63, 3.8) is 0 Å². The van der Waals surface area contributed by atoms with Crippen LogP contribution in [0.25, 0.3) is 11.1 Å². The summed E-state index contributed by atoms with van der Waals surface area (Å²) in [5, 5.41) is 9.85. The van der Waals surface area contributed by atoms with E-state index in [4.69, 9.17) is 27.9 Å². The van der Waals surface area contributed by atoms with E-state index in [-0.39, 0.29) is 0 Å². The maximum atomic E-state index is 14.1. The fourth-order valence-corrected chi connectivity index (χ4v) is 5.59. The van der Waals surface area contributed by atoms with E-state index < -0.39 is 52.5 Å². The highest BCUT2D eigenvalue weighted by molar-refractivity contribution is 6.53. The number of carboxylic acid groups (broad SMARTS) is 1. The fraction of sp³-hybridized carbons (Fsp3) is 0.500. The van der Waals surface area contributed by atoms with Gasteiger partial charge in [0.1, 0.15) is 18.5 Å². The maximum Gasteiger partial charge on any atom is 0.408 e. The van der Waals surface area contributed by atoms with Gasteiger partial charge in [0.25, 0.3) is 5.91 Å². The van der Waals surface area contributed by atoms with Crippen molar-refractivity contribution in [2.75, 3.05) is 6.67 Å². The van der Waals surface area contributed by atoms with Gasteiger partial charge in [-0.3, -0.25) is 9.69 Å². The van der Waals surface area contributed by atoms with Crippen LogP contribution in [0, 0.1) is 0 Å². The van der Waals surface area contributed by atoms with Crippen LogP contribution < -0.4 is 0 Å². The van der Waals surface area contributed by atoms with Crippen molar-refractivity contribution in [2.24, 2.45) is 0 Å². The van der Waals surface area contributed by atoms with Gasteiger partial charge in [-0.1, -0.05) is 71.7 Å². The summed E-state index contributed by atoms with van der Waals surface area (Å²) in [7, 11) is 0. The van der Waals surface area contributed by atoms with Gasteiger partial charge < -0.3 is 14.7 Å². The van der Waals surface area contributed by atoms with E-state index in [2.05, 4.69) is 0 Å². The molecule has 2 atom stereocenters. The topological polar surface area (TPSA) is 70.1 Å². The van der Waals surface area contributed by atoms with Crippen LogP contribution in [0.3, 0.4) is 0 Å². The predicted molar refractivity (Wildman–Crippen MR) is 145 cm³/mol. The van der Waals surface area contributed by atoms with Gasteiger partial charge in [-0.05, 0) is 70.7 Å². The Morgan fingerprint density at radius 3 is 1.92 bits per heavy atom. The van der Waals surface area contributed by atoms with Crippen LogP contribution in [-0.4, -0.2) is 55.7 Å². The molecule has 0 aromatic heterocycles. The summed E-state index contributed by atoms with van der Waals surface area (Å²) in [5.74, 6) is -0.592. The molecule has 0 saturated carbocycles. The normalized spacial score (nSPS) is 19.8. The van der Waals surface area contributed by atoms with Crippen LogP contribution in [0.15, 0.2) is 48.5 Å². The molecule has 37 heavy (non-hydrogen) atoms. The smallest absolute Gasteiger partial charge is 0.408 e. The Morgan fingerprint density at radius 2 is 1.51 bits per heavy atom. The Kier molecular flexibility index (Phi) is 8.23. The summed E-state index contributed by atoms with van der Waals surface area (Å²) in [5.41, 5.74) is 1.10. The van der Waals surface area contributed by atoms with E-state index in [1.165, 1.54) is 9.80 Å². The summed E-state index contributed by atoms with van der Waals surface area (Å²) >= 11 is 11.6. The van der Waals surface area contributed by atoms with Gasteiger partial charge in [0.05, 0.1) is 11.6 Å². The summed E-state index contributed by atoms with van der Waals surface area (Å²) in [6, 6.07) is 14.5. The SMILES string of the molecule is CC(C)(C)N(C(=O)O)C(C)(C)c1ccc(-c2ccc([C@H]3OC(C)(C)N(C(=O)C(Cl)Cl)[C@@H]3CF)cc2)cc1. The minimum Gasteiger partial charge on any atom is -0.465 e. The zero-order valence-electron chi connectivity index (χ0n) is 22.3. The van der Waals surface area contributed by atoms with Crippen molar-refractivity contribution in [3.8, 4) is 11.1 Å². The Morgan fingerprint density at radius 1 is 1.03 bits per heavy atom. The summed E-state index contributed by atoms with van der Waals surface area (Å²) in [6.45, 7) is 12.0. The molecule has 2 aromatic carbocycles. The largest absolute Gasteiger partial charge is 0.465 e. The summed E-state index contributed by atoms with van der Waals surface area (Å²) < 4.78 is 20.2. The average molecular weight is 554 g/mol. The number of benzene rings is 2. The van der Waals surface area contributed by atoms with E-state index in [1.54, 1.807) is 13.8 Å². The molecule has 1 fully saturated rings. The number of alkyl halides is 3. The van der Waals surface area contributed by atoms with E-state index in [1.807, 2.05) is 83.1 Å². The number of rotatable bonds is 6. The Hall–Kier alpha value is -2.35. The second-order valence-electron chi connectivity index (χ2n) is 11.3. The minimum absolute atomic E-state index is 0.577. The number of hydrogen-bond acceptors (Lipinski definition) is 3. The molecule has 2 amide bonds. The molecule has 0 spiro atoms. The lowest BCUT2D eigenvalue weighted by Gasteiger charge is -2.45. The molecule has 9 heteroatoms. The third-order valence-electron chi connectivity index (χ3n) is 6.84. The molecule has 1 N–H and O–H groups in total. The minimum atomic E-state index is -1.31. The zero-order chi connectivity index (χ0) is 27.9. The molecule has 1 aliphatic heterocycles.